The van der Waals surface area contributed by atoms with Gasteiger partial charge in [-0.25, -0.2) is 9.97 Å². The highest BCUT2D eigenvalue weighted by atomic mass is 15.1. The number of nitrogen functional groups attached to an aromatic ring is 1. The molecule has 30 heavy (non-hydrogen) atoms. The van der Waals surface area contributed by atoms with Crippen LogP contribution >= 0.6 is 0 Å². The van der Waals surface area contributed by atoms with Crippen LogP contribution in [0.4, 0.5) is 5.82 Å². The summed E-state index contributed by atoms with van der Waals surface area (Å²) in [7, 11) is 0. The number of allylic oxidation sites excluding steroid dienone is 1. The number of H-pyrrole nitrogens is 1. The topological polar surface area (TPSA) is 75.2 Å². The molecule has 0 aliphatic rings. The molecule has 3 aromatic heterocycles. The van der Waals surface area contributed by atoms with E-state index in [-0.39, 0.29) is 0 Å². The number of rotatable bonds is 9. The Hall–Kier alpha value is -3.28. The summed E-state index contributed by atoms with van der Waals surface area (Å²) in [4.78, 5) is 15.2. The van der Waals surface area contributed by atoms with E-state index in [9.17, 15) is 0 Å². The van der Waals surface area contributed by atoms with Crippen LogP contribution < -0.4 is 5.73 Å². The number of benzene rings is 1. The maximum absolute atomic E-state index is 6.27. The van der Waals surface area contributed by atoms with Gasteiger partial charge in [0.25, 0.3) is 0 Å². The van der Waals surface area contributed by atoms with Crippen molar-refractivity contribution in [3.63, 3.8) is 0 Å². The van der Waals surface area contributed by atoms with E-state index in [1.165, 1.54) is 5.70 Å². The monoisotopic (exact) mass is 402 g/mol. The van der Waals surface area contributed by atoms with E-state index in [4.69, 9.17) is 10.7 Å². The third-order valence-electron chi connectivity index (χ3n) is 5.62. The van der Waals surface area contributed by atoms with Gasteiger partial charge in [0, 0.05) is 48.5 Å². The van der Waals surface area contributed by atoms with Crippen LogP contribution in [-0.2, 0) is 6.42 Å². The molecule has 0 amide bonds. The SMILES string of the molecule is C=C(CC)N(CCC)CCCc1nc(-c2cc3ccccc3[nH]2)c2c(N)nccn12. The molecule has 1 aromatic carbocycles. The number of hydrogen-bond acceptors (Lipinski definition) is 4. The standard InChI is InChI=1S/C24H30N6/c1-4-13-29(17(3)5-2)14-8-11-21-28-22(23-24(25)26-12-15-30(21)23)20-16-18-9-6-7-10-19(18)27-20/h6-7,9-10,12,15-16,27H,3-5,8,11,13-14H2,1-2H3,(H2,25,26). The lowest BCUT2D eigenvalue weighted by atomic mass is 10.2. The van der Waals surface area contributed by atoms with Crippen LogP contribution in [0.3, 0.4) is 0 Å². The van der Waals surface area contributed by atoms with E-state index in [0.29, 0.717) is 5.82 Å². The highest BCUT2D eigenvalue weighted by Crippen LogP contribution is 2.30. The first-order valence-corrected chi connectivity index (χ1v) is 10.7. The molecule has 0 spiro atoms. The number of nitrogens with one attached hydrogen (secondary N) is 1. The van der Waals surface area contributed by atoms with Crippen molar-refractivity contribution in [3.8, 4) is 11.4 Å². The summed E-state index contributed by atoms with van der Waals surface area (Å²) < 4.78 is 2.09. The third-order valence-corrected chi connectivity index (χ3v) is 5.62. The number of anilines is 1. The summed E-state index contributed by atoms with van der Waals surface area (Å²) in [6.07, 6.45) is 7.67. The van der Waals surface area contributed by atoms with Gasteiger partial charge in [0.15, 0.2) is 0 Å². The third kappa shape index (κ3) is 3.77. The van der Waals surface area contributed by atoms with Gasteiger partial charge in [0.1, 0.15) is 22.9 Å². The molecule has 0 atom stereocenters. The van der Waals surface area contributed by atoms with Crippen LogP contribution in [0.15, 0.2) is 55.0 Å². The number of hydrogen-bond donors (Lipinski definition) is 2. The van der Waals surface area contributed by atoms with Gasteiger partial charge in [-0.15, -0.1) is 0 Å². The van der Waals surface area contributed by atoms with Crippen LogP contribution in [0.2, 0.25) is 0 Å². The first-order chi connectivity index (χ1) is 14.6. The number of nitrogens with zero attached hydrogens (tertiary/aromatic N) is 4. The average Bonchev–Trinajstić information content (AvgIpc) is 3.35. The summed E-state index contributed by atoms with van der Waals surface area (Å²) in [6.45, 7) is 10.6. The molecule has 4 rings (SSSR count). The van der Waals surface area contributed by atoms with Gasteiger partial charge >= 0.3 is 0 Å². The van der Waals surface area contributed by atoms with Crippen molar-refractivity contribution in [1.82, 2.24) is 24.3 Å². The minimum Gasteiger partial charge on any atom is -0.382 e. The van der Waals surface area contributed by atoms with E-state index >= 15 is 0 Å². The molecule has 0 aliphatic heterocycles. The van der Waals surface area contributed by atoms with E-state index < -0.39 is 0 Å². The number of imidazole rings is 1. The first-order valence-electron chi connectivity index (χ1n) is 10.7. The maximum Gasteiger partial charge on any atom is 0.150 e. The van der Waals surface area contributed by atoms with Crippen LogP contribution in [-0.4, -0.2) is 37.3 Å². The number of para-hydroxylation sites is 1. The Bertz CT molecular complexity index is 1140. The lowest BCUT2D eigenvalue weighted by Gasteiger charge is -2.25. The number of nitrogens with two attached hydrogens (primary N) is 1. The Kier molecular flexibility index (Phi) is 5.74. The van der Waals surface area contributed by atoms with Gasteiger partial charge in [0.2, 0.25) is 0 Å². The summed E-state index contributed by atoms with van der Waals surface area (Å²) in [5.41, 5.74) is 11.2. The zero-order valence-corrected chi connectivity index (χ0v) is 17.9. The quantitative estimate of drug-likeness (QED) is 0.412. The number of aromatic nitrogens is 4. The predicted molar refractivity (Wildman–Crippen MR) is 124 cm³/mol. The molecular weight excluding hydrogens is 372 g/mol. The van der Waals surface area contributed by atoms with Crippen LogP contribution in [0.5, 0.6) is 0 Å². The minimum atomic E-state index is 0.497. The van der Waals surface area contributed by atoms with Crippen molar-refractivity contribution in [2.45, 2.75) is 39.5 Å². The average molecular weight is 403 g/mol. The lowest BCUT2D eigenvalue weighted by molar-refractivity contribution is 0.331. The fourth-order valence-electron chi connectivity index (χ4n) is 4.04. The maximum atomic E-state index is 6.27. The van der Waals surface area contributed by atoms with E-state index in [1.807, 2.05) is 18.3 Å². The van der Waals surface area contributed by atoms with Crippen LogP contribution in [0, 0.1) is 0 Å². The zero-order valence-electron chi connectivity index (χ0n) is 17.9. The molecule has 0 saturated carbocycles. The van der Waals surface area contributed by atoms with Crippen molar-refractivity contribution in [3.05, 3.63) is 60.8 Å². The van der Waals surface area contributed by atoms with Gasteiger partial charge < -0.3 is 15.6 Å². The molecule has 0 fully saturated rings. The highest BCUT2D eigenvalue weighted by Gasteiger charge is 2.17. The van der Waals surface area contributed by atoms with Gasteiger partial charge in [-0.1, -0.05) is 38.6 Å². The fourth-order valence-corrected chi connectivity index (χ4v) is 4.04. The molecule has 0 aliphatic carbocycles. The smallest absolute Gasteiger partial charge is 0.150 e. The second-order valence-electron chi connectivity index (χ2n) is 7.69. The second-order valence-corrected chi connectivity index (χ2v) is 7.69. The zero-order chi connectivity index (χ0) is 21.1. The molecule has 0 radical (unpaired) electrons. The Morgan fingerprint density at radius 1 is 1.23 bits per heavy atom. The minimum absolute atomic E-state index is 0.497. The molecular formula is C24H30N6. The van der Waals surface area contributed by atoms with Gasteiger partial charge in [0.05, 0.1) is 5.69 Å². The molecule has 6 nitrogen and oxygen atoms in total. The predicted octanol–water partition coefficient (Wildman–Crippen LogP) is 5.03. The van der Waals surface area contributed by atoms with E-state index in [2.05, 4.69) is 57.9 Å². The Morgan fingerprint density at radius 3 is 2.83 bits per heavy atom. The molecule has 0 saturated heterocycles. The molecule has 156 valence electrons. The lowest BCUT2D eigenvalue weighted by Crippen LogP contribution is -2.24. The molecule has 3 N–H and O–H groups in total. The summed E-state index contributed by atoms with van der Waals surface area (Å²) >= 11 is 0. The Labute approximate surface area is 177 Å². The number of aryl methyl sites for hydroxylation is 1. The van der Waals surface area contributed by atoms with Crippen LogP contribution in [0.25, 0.3) is 27.8 Å². The van der Waals surface area contributed by atoms with Crippen molar-refractivity contribution < 1.29 is 0 Å². The highest BCUT2D eigenvalue weighted by molar-refractivity contribution is 5.91. The number of fused-ring (bicyclic) bond motifs is 2. The van der Waals surface area contributed by atoms with Crippen molar-refractivity contribution in [2.24, 2.45) is 0 Å². The van der Waals surface area contributed by atoms with Gasteiger partial charge in [-0.05, 0) is 31.4 Å². The van der Waals surface area contributed by atoms with E-state index in [1.54, 1.807) is 6.20 Å². The molecule has 0 unspecified atom stereocenters. The first kappa shape index (κ1) is 20.0. The molecule has 0 bridgehead atoms. The molecule has 3 heterocycles. The number of aromatic amines is 1. The van der Waals surface area contributed by atoms with Gasteiger partial charge in [-0.3, -0.25) is 4.40 Å². The van der Waals surface area contributed by atoms with Crippen molar-refractivity contribution >= 4 is 22.2 Å². The summed E-state index contributed by atoms with van der Waals surface area (Å²) in [5, 5.41) is 1.16. The van der Waals surface area contributed by atoms with E-state index in [0.717, 1.165) is 72.4 Å². The van der Waals surface area contributed by atoms with Gasteiger partial charge in [-0.2, -0.15) is 0 Å². The molecule has 4 aromatic rings. The summed E-state index contributed by atoms with van der Waals surface area (Å²) in [6, 6.07) is 10.4. The second kappa shape index (κ2) is 8.61. The summed E-state index contributed by atoms with van der Waals surface area (Å²) in [5.74, 6) is 1.50. The Morgan fingerprint density at radius 2 is 2.07 bits per heavy atom. The normalized spacial score (nSPS) is 11.4. The Balaban J connectivity index is 1.65. The largest absolute Gasteiger partial charge is 0.382 e. The molecule has 6 heteroatoms. The fraction of sp³-hybridized carbons (Fsp3) is 0.333. The van der Waals surface area contributed by atoms with Crippen molar-refractivity contribution in [1.29, 1.82) is 0 Å². The van der Waals surface area contributed by atoms with Crippen LogP contribution in [0.1, 0.15) is 38.9 Å². The van der Waals surface area contributed by atoms with Crippen molar-refractivity contribution in [2.75, 3.05) is 18.8 Å².